The number of carbonyl (C=O) groups excluding carboxylic acids is 1. The van der Waals surface area contributed by atoms with Gasteiger partial charge in [-0.1, -0.05) is 15.9 Å². The van der Waals surface area contributed by atoms with Crippen LogP contribution >= 0.6 is 15.9 Å². The van der Waals surface area contributed by atoms with Gasteiger partial charge < -0.3 is 0 Å². The molecule has 1 heterocycles. The summed E-state index contributed by atoms with van der Waals surface area (Å²) in [4.78, 5) is 16.3. The molecule has 1 aromatic heterocycles. The van der Waals surface area contributed by atoms with Gasteiger partial charge in [-0.15, -0.1) is 0 Å². The zero-order valence-electron chi connectivity index (χ0n) is 9.98. The van der Waals surface area contributed by atoms with Crippen LogP contribution in [0.1, 0.15) is 16.1 Å². The standard InChI is InChI=1S/C12H12BrN3O2/c1-8-11(12(17)15-18-2)7-14-16(8)10-5-3-9(13)4-6-10/h3-7H,1-2H3,(H,15,17). The third kappa shape index (κ3) is 2.44. The fourth-order valence-corrected chi connectivity index (χ4v) is 1.89. The lowest BCUT2D eigenvalue weighted by Gasteiger charge is -2.05. The van der Waals surface area contributed by atoms with Crippen molar-refractivity contribution < 1.29 is 9.63 Å². The summed E-state index contributed by atoms with van der Waals surface area (Å²) in [5.74, 6) is -0.307. The predicted molar refractivity (Wildman–Crippen MR) is 70.5 cm³/mol. The van der Waals surface area contributed by atoms with E-state index in [2.05, 4.69) is 31.3 Å². The average molecular weight is 310 g/mol. The number of carbonyl (C=O) groups is 1. The third-order valence-corrected chi connectivity index (χ3v) is 3.05. The van der Waals surface area contributed by atoms with Crippen molar-refractivity contribution in [3.63, 3.8) is 0 Å². The molecule has 0 atom stereocenters. The first-order valence-corrected chi connectivity index (χ1v) is 6.06. The van der Waals surface area contributed by atoms with Crippen LogP contribution in [0.3, 0.4) is 0 Å². The van der Waals surface area contributed by atoms with Crippen LogP contribution in [0.4, 0.5) is 0 Å². The van der Waals surface area contributed by atoms with E-state index in [-0.39, 0.29) is 5.91 Å². The van der Waals surface area contributed by atoms with E-state index in [9.17, 15) is 4.79 Å². The summed E-state index contributed by atoms with van der Waals surface area (Å²) in [5, 5.41) is 4.20. The van der Waals surface area contributed by atoms with Gasteiger partial charge in [0, 0.05) is 4.47 Å². The van der Waals surface area contributed by atoms with Gasteiger partial charge in [0.05, 0.1) is 30.3 Å². The Balaban J connectivity index is 2.36. The number of benzene rings is 1. The topological polar surface area (TPSA) is 56.1 Å². The molecule has 0 saturated heterocycles. The van der Waals surface area contributed by atoms with E-state index in [1.807, 2.05) is 31.2 Å². The molecule has 1 N–H and O–H groups in total. The third-order valence-electron chi connectivity index (χ3n) is 2.52. The van der Waals surface area contributed by atoms with Gasteiger partial charge in [0.25, 0.3) is 5.91 Å². The highest BCUT2D eigenvalue weighted by atomic mass is 79.9. The van der Waals surface area contributed by atoms with Gasteiger partial charge in [0.1, 0.15) is 0 Å². The van der Waals surface area contributed by atoms with Gasteiger partial charge >= 0.3 is 0 Å². The molecule has 0 spiro atoms. The molecular formula is C12H12BrN3O2. The number of rotatable bonds is 3. The predicted octanol–water partition coefficient (Wildman–Crippen LogP) is 2.23. The summed E-state index contributed by atoms with van der Waals surface area (Å²) in [5.41, 5.74) is 4.41. The van der Waals surface area contributed by atoms with Gasteiger partial charge in [-0.2, -0.15) is 5.10 Å². The lowest BCUT2D eigenvalue weighted by Crippen LogP contribution is -2.22. The molecule has 18 heavy (non-hydrogen) atoms. The highest BCUT2D eigenvalue weighted by molar-refractivity contribution is 9.10. The Kier molecular flexibility index (Phi) is 3.78. The van der Waals surface area contributed by atoms with Crippen molar-refractivity contribution in [1.82, 2.24) is 15.3 Å². The van der Waals surface area contributed by atoms with Gasteiger partial charge in [-0.05, 0) is 31.2 Å². The molecule has 6 heteroatoms. The number of hydroxylamine groups is 1. The van der Waals surface area contributed by atoms with Crippen molar-refractivity contribution in [2.45, 2.75) is 6.92 Å². The zero-order valence-corrected chi connectivity index (χ0v) is 11.6. The second-order valence-corrected chi connectivity index (χ2v) is 4.58. The Labute approximate surface area is 113 Å². The fraction of sp³-hybridized carbons (Fsp3) is 0.167. The smallest absolute Gasteiger partial charge is 0.277 e. The van der Waals surface area contributed by atoms with Gasteiger partial charge in [0.15, 0.2) is 0 Å². The number of nitrogens with zero attached hydrogens (tertiary/aromatic N) is 2. The molecular weight excluding hydrogens is 298 g/mol. The van der Waals surface area contributed by atoms with E-state index in [1.165, 1.54) is 13.3 Å². The van der Waals surface area contributed by atoms with Crippen molar-refractivity contribution >= 4 is 21.8 Å². The van der Waals surface area contributed by atoms with Crippen LogP contribution < -0.4 is 5.48 Å². The molecule has 0 radical (unpaired) electrons. The van der Waals surface area contributed by atoms with Crippen molar-refractivity contribution in [3.05, 3.63) is 46.2 Å². The van der Waals surface area contributed by atoms with Crippen molar-refractivity contribution in [2.75, 3.05) is 7.11 Å². The maximum absolute atomic E-state index is 11.7. The molecule has 1 aromatic carbocycles. The SMILES string of the molecule is CONC(=O)c1cnn(-c2ccc(Br)cc2)c1C. The maximum Gasteiger partial charge on any atom is 0.278 e. The van der Waals surface area contributed by atoms with Crippen LogP contribution in [0.25, 0.3) is 5.69 Å². The number of amides is 1. The van der Waals surface area contributed by atoms with Crippen LogP contribution in [-0.4, -0.2) is 22.8 Å². The molecule has 0 aliphatic heterocycles. The van der Waals surface area contributed by atoms with Crippen LogP contribution in [-0.2, 0) is 4.84 Å². The quantitative estimate of drug-likeness (QED) is 0.885. The fourth-order valence-electron chi connectivity index (χ4n) is 1.62. The number of hydrogen-bond acceptors (Lipinski definition) is 3. The highest BCUT2D eigenvalue weighted by Crippen LogP contribution is 2.17. The van der Waals surface area contributed by atoms with Gasteiger partial charge in [0.2, 0.25) is 0 Å². The van der Waals surface area contributed by atoms with E-state index < -0.39 is 0 Å². The number of aromatic nitrogens is 2. The lowest BCUT2D eigenvalue weighted by atomic mass is 10.2. The Morgan fingerprint density at radius 1 is 1.39 bits per heavy atom. The van der Waals surface area contributed by atoms with Crippen LogP contribution in [0.2, 0.25) is 0 Å². The molecule has 0 saturated carbocycles. The summed E-state index contributed by atoms with van der Waals surface area (Å²) in [6.07, 6.45) is 1.52. The van der Waals surface area contributed by atoms with Gasteiger partial charge in [-0.3, -0.25) is 9.63 Å². The molecule has 2 rings (SSSR count). The van der Waals surface area contributed by atoms with Crippen molar-refractivity contribution in [1.29, 1.82) is 0 Å². The maximum atomic E-state index is 11.7. The second kappa shape index (κ2) is 5.32. The van der Waals surface area contributed by atoms with E-state index >= 15 is 0 Å². The largest absolute Gasteiger partial charge is 0.278 e. The summed E-state index contributed by atoms with van der Waals surface area (Å²) < 4.78 is 2.70. The summed E-state index contributed by atoms with van der Waals surface area (Å²) in [6.45, 7) is 1.83. The molecule has 0 aliphatic rings. The minimum Gasteiger partial charge on any atom is -0.277 e. The second-order valence-electron chi connectivity index (χ2n) is 3.67. The normalized spacial score (nSPS) is 10.4. The minimum absolute atomic E-state index is 0.307. The molecule has 5 nitrogen and oxygen atoms in total. The number of hydrogen-bond donors (Lipinski definition) is 1. The minimum atomic E-state index is -0.307. The highest BCUT2D eigenvalue weighted by Gasteiger charge is 2.14. The van der Waals surface area contributed by atoms with E-state index in [4.69, 9.17) is 0 Å². The van der Waals surface area contributed by atoms with Crippen molar-refractivity contribution in [3.8, 4) is 5.69 Å². The first-order valence-electron chi connectivity index (χ1n) is 5.27. The Hall–Kier alpha value is -1.66. The monoisotopic (exact) mass is 309 g/mol. The first-order chi connectivity index (χ1) is 8.63. The molecule has 2 aromatic rings. The Morgan fingerprint density at radius 2 is 2.06 bits per heavy atom. The van der Waals surface area contributed by atoms with Crippen LogP contribution in [0, 0.1) is 6.92 Å². The molecule has 0 unspecified atom stereocenters. The molecule has 0 aliphatic carbocycles. The first kappa shape index (κ1) is 12.8. The number of halogens is 1. The molecule has 94 valence electrons. The van der Waals surface area contributed by atoms with Crippen LogP contribution in [0.15, 0.2) is 34.9 Å². The Morgan fingerprint density at radius 3 is 2.67 bits per heavy atom. The summed E-state index contributed by atoms with van der Waals surface area (Å²) in [7, 11) is 1.40. The van der Waals surface area contributed by atoms with E-state index in [1.54, 1.807) is 4.68 Å². The lowest BCUT2D eigenvalue weighted by molar-refractivity contribution is 0.0537. The molecule has 0 bridgehead atoms. The van der Waals surface area contributed by atoms with Gasteiger partial charge in [-0.25, -0.2) is 10.2 Å². The summed E-state index contributed by atoms with van der Waals surface area (Å²) in [6, 6.07) is 7.68. The van der Waals surface area contributed by atoms with E-state index in [0.717, 1.165) is 15.9 Å². The average Bonchev–Trinajstić information content (AvgIpc) is 2.73. The molecule has 0 fully saturated rings. The Bertz CT molecular complexity index is 563. The number of nitrogens with one attached hydrogen (secondary N) is 1. The van der Waals surface area contributed by atoms with Crippen molar-refractivity contribution in [2.24, 2.45) is 0 Å². The zero-order chi connectivity index (χ0) is 13.1. The van der Waals surface area contributed by atoms with Crippen LogP contribution in [0.5, 0.6) is 0 Å². The molecule has 1 amide bonds. The summed E-state index contributed by atoms with van der Waals surface area (Å²) >= 11 is 3.38. The van der Waals surface area contributed by atoms with E-state index in [0.29, 0.717) is 5.56 Å².